The van der Waals surface area contributed by atoms with Gasteiger partial charge in [-0.05, 0) is 19.1 Å². The number of anilines is 1. The number of hydrogen-bond donors (Lipinski definition) is 4. The van der Waals surface area contributed by atoms with Gasteiger partial charge in [0.2, 0.25) is 5.91 Å². The second kappa shape index (κ2) is 7.80. The van der Waals surface area contributed by atoms with Gasteiger partial charge in [0.25, 0.3) is 11.6 Å². The lowest BCUT2D eigenvalue weighted by Crippen LogP contribution is -2.30. The SMILES string of the molecule is CCNC(=O)CCNC(=O)c1ccc([N+](=O)[O-])c(NN)c1. The molecule has 0 atom stereocenters. The van der Waals surface area contributed by atoms with Gasteiger partial charge in [-0.25, -0.2) is 0 Å². The van der Waals surface area contributed by atoms with Crippen molar-refractivity contribution in [1.82, 2.24) is 10.6 Å². The molecule has 0 radical (unpaired) electrons. The summed E-state index contributed by atoms with van der Waals surface area (Å²) in [6.45, 7) is 2.50. The number of hydrazine groups is 1. The van der Waals surface area contributed by atoms with E-state index in [4.69, 9.17) is 5.84 Å². The third-order valence-corrected chi connectivity index (χ3v) is 2.62. The van der Waals surface area contributed by atoms with Crippen LogP contribution in [0.1, 0.15) is 23.7 Å². The Hall–Kier alpha value is -2.68. The maximum atomic E-state index is 11.9. The number of benzene rings is 1. The standard InChI is InChI=1S/C12H17N5O4/c1-2-14-11(18)5-6-15-12(19)8-3-4-10(17(20)21)9(7-8)16-13/h3-4,7,16H,2,5-6,13H2,1H3,(H,14,18)(H,15,19). The van der Waals surface area contributed by atoms with Gasteiger partial charge in [-0.15, -0.1) is 0 Å². The van der Waals surface area contributed by atoms with Crippen molar-refractivity contribution in [1.29, 1.82) is 0 Å². The predicted octanol–water partition coefficient (Wildman–Crippen LogP) is 0.136. The summed E-state index contributed by atoms with van der Waals surface area (Å²) in [5, 5.41) is 15.9. The van der Waals surface area contributed by atoms with E-state index in [0.717, 1.165) is 0 Å². The fraction of sp³-hybridized carbons (Fsp3) is 0.333. The molecule has 0 spiro atoms. The summed E-state index contributed by atoms with van der Waals surface area (Å²) in [5.74, 6) is 4.59. The Labute approximate surface area is 121 Å². The molecule has 1 rings (SSSR count). The first-order chi connectivity index (χ1) is 9.99. The molecule has 9 heteroatoms. The summed E-state index contributed by atoms with van der Waals surface area (Å²) in [5.41, 5.74) is 2.20. The van der Waals surface area contributed by atoms with E-state index in [0.29, 0.717) is 6.54 Å². The van der Waals surface area contributed by atoms with Crippen LogP contribution in [0, 0.1) is 10.1 Å². The van der Waals surface area contributed by atoms with Crippen LogP contribution in [0.3, 0.4) is 0 Å². The molecule has 0 fully saturated rings. The molecule has 5 N–H and O–H groups in total. The number of nitrogens with zero attached hydrogens (tertiary/aromatic N) is 1. The normalized spacial score (nSPS) is 9.81. The van der Waals surface area contributed by atoms with Crippen LogP contribution in [0.5, 0.6) is 0 Å². The Kier molecular flexibility index (Phi) is 6.08. The molecule has 1 aromatic rings. The van der Waals surface area contributed by atoms with Gasteiger partial charge in [-0.1, -0.05) is 0 Å². The van der Waals surface area contributed by atoms with Crippen molar-refractivity contribution >= 4 is 23.2 Å². The van der Waals surface area contributed by atoms with Crippen LogP contribution in [0.15, 0.2) is 18.2 Å². The van der Waals surface area contributed by atoms with Crippen LogP contribution in [0.2, 0.25) is 0 Å². The summed E-state index contributed by atoms with van der Waals surface area (Å²) in [6, 6.07) is 3.79. The Morgan fingerprint density at radius 2 is 2.05 bits per heavy atom. The van der Waals surface area contributed by atoms with E-state index in [1.165, 1.54) is 18.2 Å². The Bertz CT molecular complexity index is 546. The summed E-state index contributed by atoms with van der Waals surface area (Å²) < 4.78 is 0. The molecule has 0 aliphatic rings. The zero-order valence-corrected chi connectivity index (χ0v) is 11.5. The monoisotopic (exact) mass is 295 g/mol. The van der Waals surface area contributed by atoms with Crippen LogP contribution < -0.4 is 21.9 Å². The van der Waals surface area contributed by atoms with Gasteiger partial charge in [0.1, 0.15) is 5.69 Å². The smallest absolute Gasteiger partial charge is 0.293 e. The highest BCUT2D eigenvalue weighted by Crippen LogP contribution is 2.24. The number of carbonyl (C=O) groups is 2. The number of carbonyl (C=O) groups excluding carboxylic acids is 2. The molecule has 0 heterocycles. The second-order valence-electron chi connectivity index (χ2n) is 4.09. The minimum Gasteiger partial charge on any atom is -0.356 e. The summed E-state index contributed by atoms with van der Waals surface area (Å²) in [4.78, 5) is 33.2. The van der Waals surface area contributed by atoms with E-state index < -0.39 is 10.8 Å². The largest absolute Gasteiger partial charge is 0.356 e. The van der Waals surface area contributed by atoms with Crippen molar-refractivity contribution in [3.8, 4) is 0 Å². The van der Waals surface area contributed by atoms with Gasteiger partial charge in [0.05, 0.1) is 4.92 Å². The third kappa shape index (κ3) is 4.73. The van der Waals surface area contributed by atoms with Crippen molar-refractivity contribution in [2.75, 3.05) is 18.5 Å². The van der Waals surface area contributed by atoms with Crippen LogP contribution in [0.25, 0.3) is 0 Å². The van der Waals surface area contributed by atoms with Crippen molar-refractivity contribution in [2.45, 2.75) is 13.3 Å². The third-order valence-electron chi connectivity index (χ3n) is 2.62. The maximum Gasteiger partial charge on any atom is 0.293 e. The molecule has 0 aliphatic heterocycles. The lowest BCUT2D eigenvalue weighted by atomic mass is 10.1. The summed E-state index contributed by atoms with van der Waals surface area (Å²) in [7, 11) is 0. The highest BCUT2D eigenvalue weighted by Gasteiger charge is 2.16. The number of nitrogen functional groups attached to an aromatic ring is 1. The van der Waals surface area contributed by atoms with E-state index in [2.05, 4.69) is 16.1 Å². The Balaban J connectivity index is 2.66. The molecule has 0 saturated carbocycles. The topological polar surface area (TPSA) is 139 Å². The Morgan fingerprint density at radius 1 is 1.33 bits per heavy atom. The van der Waals surface area contributed by atoms with Crippen molar-refractivity contribution in [3.63, 3.8) is 0 Å². The van der Waals surface area contributed by atoms with Gasteiger partial charge >= 0.3 is 0 Å². The quantitative estimate of drug-likeness (QED) is 0.320. The minimum absolute atomic E-state index is 0.0383. The molecule has 0 bridgehead atoms. The number of nitro benzene ring substituents is 1. The average Bonchev–Trinajstić information content (AvgIpc) is 2.46. The van der Waals surface area contributed by atoms with Crippen molar-refractivity contribution < 1.29 is 14.5 Å². The van der Waals surface area contributed by atoms with E-state index in [9.17, 15) is 19.7 Å². The molecule has 114 valence electrons. The number of nitrogens with one attached hydrogen (secondary N) is 3. The molecular formula is C12H17N5O4. The molecule has 1 aromatic carbocycles. The first-order valence-electron chi connectivity index (χ1n) is 6.29. The van der Waals surface area contributed by atoms with Crippen molar-refractivity contribution in [3.05, 3.63) is 33.9 Å². The lowest BCUT2D eigenvalue weighted by molar-refractivity contribution is -0.384. The number of hydrogen-bond acceptors (Lipinski definition) is 6. The van der Waals surface area contributed by atoms with Crippen LogP contribution in [-0.4, -0.2) is 29.8 Å². The number of nitrogens with two attached hydrogens (primary N) is 1. The second-order valence-corrected chi connectivity index (χ2v) is 4.09. The molecule has 9 nitrogen and oxygen atoms in total. The summed E-state index contributed by atoms with van der Waals surface area (Å²) >= 11 is 0. The Morgan fingerprint density at radius 3 is 2.62 bits per heavy atom. The zero-order chi connectivity index (χ0) is 15.8. The van der Waals surface area contributed by atoms with E-state index >= 15 is 0 Å². The van der Waals surface area contributed by atoms with Gasteiger partial charge in [0, 0.05) is 31.1 Å². The summed E-state index contributed by atoms with van der Waals surface area (Å²) in [6.07, 6.45) is 0.161. The maximum absolute atomic E-state index is 11.9. The van der Waals surface area contributed by atoms with Gasteiger partial charge in [-0.2, -0.15) is 0 Å². The zero-order valence-electron chi connectivity index (χ0n) is 11.5. The van der Waals surface area contributed by atoms with Gasteiger partial charge in [0.15, 0.2) is 0 Å². The van der Waals surface area contributed by atoms with E-state index in [-0.39, 0.29) is 35.8 Å². The average molecular weight is 295 g/mol. The minimum atomic E-state index is -0.605. The fourth-order valence-electron chi connectivity index (χ4n) is 1.63. The first kappa shape index (κ1) is 16.4. The molecule has 0 aliphatic carbocycles. The van der Waals surface area contributed by atoms with Crippen LogP contribution in [-0.2, 0) is 4.79 Å². The predicted molar refractivity (Wildman–Crippen MR) is 76.5 cm³/mol. The van der Waals surface area contributed by atoms with E-state index in [1.54, 1.807) is 6.92 Å². The number of amides is 2. The van der Waals surface area contributed by atoms with Gasteiger partial charge in [-0.3, -0.25) is 25.5 Å². The molecule has 0 saturated heterocycles. The molecular weight excluding hydrogens is 278 g/mol. The van der Waals surface area contributed by atoms with Gasteiger partial charge < -0.3 is 16.1 Å². The lowest BCUT2D eigenvalue weighted by Gasteiger charge is -2.07. The molecule has 21 heavy (non-hydrogen) atoms. The molecule has 0 unspecified atom stereocenters. The highest BCUT2D eigenvalue weighted by molar-refractivity contribution is 5.96. The molecule has 2 amide bonds. The number of nitro groups is 1. The molecule has 0 aromatic heterocycles. The fourth-order valence-corrected chi connectivity index (χ4v) is 1.63. The first-order valence-corrected chi connectivity index (χ1v) is 6.29. The van der Waals surface area contributed by atoms with Crippen LogP contribution in [0.4, 0.5) is 11.4 Å². The number of rotatable bonds is 7. The van der Waals surface area contributed by atoms with Crippen LogP contribution >= 0.6 is 0 Å². The van der Waals surface area contributed by atoms with Crippen molar-refractivity contribution in [2.24, 2.45) is 5.84 Å². The van der Waals surface area contributed by atoms with E-state index in [1.807, 2.05) is 0 Å². The highest BCUT2D eigenvalue weighted by atomic mass is 16.6.